The maximum Gasteiger partial charge on any atom is 0.573 e. The molecule has 0 aromatic heterocycles. The highest BCUT2D eigenvalue weighted by molar-refractivity contribution is 6.18. The zero-order valence-electron chi connectivity index (χ0n) is 11.4. The Hall–Kier alpha value is -3.03. The van der Waals surface area contributed by atoms with Gasteiger partial charge in [0.05, 0.1) is 16.7 Å². The van der Waals surface area contributed by atoms with E-state index in [2.05, 4.69) is 4.74 Å². The Kier molecular flexibility index (Phi) is 4.26. The van der Waals surface area contributed by atoms with Gasteiger partial charge in [0.1, 0.15) is 5.75 Å². The van der Waals surface area contributed by atoms with Crippen molar-refractivity contribution in [3.05, 3.63) is 59.2 Å². The number of carboxylic acids is 1. The van der Waals surface area contributed by atoms with E-state index in [1.165, 1.54) is 24.3 Å². The van der Waals surface area contributed by atoms with Crippen LogP contribution in [0.15, 0.2) is 42.5 Å². The van der Waals surface area contributed by atoms with Crippen molar-refractivity contribution >= 4 is 17.4 Å². The van der Waals surface area contributed by atoms with Gasteiger partial charge in [-0.25, -0.2) is 4.79 Å². The molecule has 8 heteroatoms. The van der Waals surface area contributed by atoms with Gasteiger partial charge in [-0.15, -0.1) is 13.2 Å². The van der Waals surface area contributed by atoms with Gasteiger partial charge in [-0.1, -0.05) is 18.2 Å². The summed E-state index contributed by atoms with van der Waals surface area (Å²) < 4.78 is 41.1. The molecule has 2 rings (SSSR count). The average molecular weight is 325 g/mol. The minimum atomic E-state index is -4.99. The highest BCUT2D eigenvalue weighted by Gasteiger charge is 2.33. The quantitative estimate of drug-likeness (QED) is 0.666. The van der Waals surface area contributed by atoms with Crippen LogP contribution in [0.4, 0.5) is 18.9 Å². The number of hydrogen-bond acceptors (Lipinski definition) is 4. The molecule has 120 valence electrons. The van der Waals surface area contributed by atoms with Crippen molar-refractivity contribution in [3.63, 3.8) is 0 Å². The monoisotopic (exact) mass is 325 g/mol. The molecule has 0 aliphatic rings. The lowest BCUT2D eigenvalue weighted by atomic mass is 9.96. The van der Waals surface area contributed by atoms with Crippen LogP contribution in [-0.2, 0) is 0 Å². The fourth-order valence-electron chi connectivity index (χ4n) is 2.00. The molecule has 5 nitrogen and oxygen atoms in total. The number of anilines is 1. The van der Waals surface area contributed by atoms with Gasteiger partial charge in [-0.2, -0.15) is 0 Å². The zero-order chi connectivity index (χ0) is 17.2. The Labute approximate surface area is 128 Å². The Morgan fingerprint density at radius 3 is 2.22 bits per heavy atom. The summed E-state index contributed by atoms with van der Waals surface area (Å²) in [5.74, 6) is -3.13. The molecule has 0 saturated heterocycles. The third kappa shape index (κ3) is 3.60. The lowest BCUT2D eigenvalue weighted by molar-refractivity contribution is -0.274. The Balaban J connectivity index is 2.57. The number of carboxylic acid groups (broad SMARTS) is 1. The van der Waals surface area contributed by atoms with Gasteiger partial charge in [-0.3, -0.25) is 4.79 Å². The first kappa shape index (κ1) is 16.3. The second-order valence-electron chi connectivity index (χ2n) is 4.45. The molecule has 0 radical (unpaired) electrons. The van der Waals surface area contributed by atoms with Crippen LogP contribution in [0, 0.1) is 0 Å². The lowest BCUT2D eigenvalue weighted by Gasteiger charge is -2.14. The number of nitrogens with two attached hydrogens (primary N) is 1. The number of halogens is 3. The first-order valence-electron chi connectivity index (χ1n) is 6.22. The van der Waals surface area contributed by atoms with Crippen LogP contribution in [0.2, 0.25) is 0 Å². The molecule has 0 aliphatic heterocycles. The normalized spacial score (nSPS) is 11.1. The highest BCUT2D eigenvalue weighted by atomic mass is 19.4. The van der Waals surface area contributed by atoms with E-state index in [0.29, 0.717) is 0 Å². The van der Waals surface area contributed by atoms with E-state index in [-0.39, 0.29) is 5.69 Å². The number of alkyl halides is 3. The number of benzene rings is 2. The second-order valence-corrected chi connectivity index (χ2v) is 4.45. The van der Waals surface area contributed by atoms with Gasteiger partial charge in [-0.05, 0) is 24.3 Å². The standard InChI is InChI=1S/C15H10F3NO4/c16-15(17,18)23-11-7-2-1-4-8(11)13(20)12-9(14(21)22)5-3-6-10(12)19/h1-7H,19H2,(H,21,22). The number of para-hydroxylation sites is 1. The van der Waals surface area contributed by atoms with Crippen LogP contribution < -0.4 is 10.5 Å². The summed E-state index contributed by atoms with van der Waals surface area (Å²) in [6, 6.07) is 8.39. The molecule has 0 aliphatic carbocycles. The fourth-order valence-corrected chi connectivity index (χ4v) is 2.00. The number of nitrogen functional groups attached to an aromatic ring is 1. The third-order valence-corrected chi connectivity index (χ3v) is 2.91. The van der Waals surface area contributed by atoms with Crippen LogP contribution in [-0.4, -0.2) is 23.2 Å². The average Bonchev–Trinajstić information content (AvgIpc) is 2.45. The van der Waals surface area contributed by atoms with Crippen molar-refractivity contribution in [3.8, 4) is 5.75 Å². The molecule has 2 aromatic rings. The Morgan fingerprint density at radius 1 is 1.00 bits per heavy atom. The van der Waals surface area contributed by atoms with Crippen molar-refractivity contribution in [2.75, 3.05) is 5.73 Å². The minimum absolute atomic E-state index is 0.156. The molecular formula is C15H10F3NO4. The minimum Gasteiger partial charge on any atom is -0.478 e. The summed E-state index contributed by atoms with van der Waals surface area (Å²) in [6.07, 6.45) is -4.99. The number of rotatable bonds is 4. The van der Waals surface area contributed by atoms with Crippen LogP contribution in [0.25, 0.3) is 0 Å². The molecule has 23 heavy (non-hydrogen) atoms. The van der Waals surface area contributed by atoms with E-state index in [9.17, 15) is 22.8 Å². The number of hydrogen-bond donors (Lipinski definition) is 2. The maximum atomic E-state index is 12.5. The zero-order valence-corrected chi connectivity index (χ0v) is 11.4. The molecule has 2 aromatic carbocycles. The van der Waals surface area contributed by atoms with Gasteiger partial charge in [0.15, 0.2) is 5.78 Å². The first-order valence-corrected chi connectivity index (χ1v) is 6.22. The lowest BCUT2D eigenvalue weighted by Crippen LogP contribution is -2.20. The molecule has 0 bridgehead atoms. The molecule has 0 saturated carbocycles. The largest absolute Gasteiger partial charge is 0.573 e. The highest BCUT2D eigenvalue weighted by Crippen LogP contribution is 2.30. The van der Waals surface area contributed by atoms with Gasteiger partial charge in [0.2, 0.25) is 0 Å². The van der Waals surface area contributed by atoms with Crippen molar-refractivity contribution < 1.29 is 32.6 Å². The van der Waals surface area contributed by atoms with E-state index in [4.69, 9.17) is 10.8 Å². The number of carbonyl (C=O) groups excluding carboxylic acids is 1. The van der Waals surface area contributed by atoms with Gasteiger partial charge < -0.3 is 15.6 Å². The molecule has 0 fully saturated rings. The van der Waals surface area contributed by atoms with E-state index >= 15 is 0 Å². The van der Waals surface area contributed by atoms with Crippen molar-refractivity contribution in [1.82, 2.24) is 0 Å². The van der Waals surface area contributed by atoms with Gasteiger partial charge in [0.25, 0.3) is 0 Å². The van der Waals surface area contributed by atoms with E-state index < -0.39 is 40.6 Å². The van der Waals surface area contributed by atoms with Gasteiger partial charge >= 0.3 is 12.3 Å². The third-order valence-electron chi connectivity index (χ3n) is 2.91. The topological polar surface area (TPSA) is 89.6 Å². The van der Waals surface area contributed by atoms with Crippen LogP contribution >= 0.6 is 0 Å². The van der Waals surface area contributed by atoms with Crippen molar-refractivity contribution in [1.29, 1.82) is 0 Å². The number of ketones is 1. The summed E-state index contributed by atoms with van der Waals surface area (Å²) >= 11 is 0. The van der Waals surface area contributed by atoms with E-state index in [1.54, 1.807) is 0 Å². The summed E-state index contributed by atoms with van der Waals surface area (Å²) in [4.78, 5) is 23.7. The summed E-state index contributed by atoms with van der Waals surface area (Å²) in [7, 11) is 0. The first-order chi connectivity index (χ1) is 10.7. The SMILES string of the molecule is Nc1cccc(C(=O)O)c1C(=O)c1ccccc1OC(F)(F)F. The smallest absolute Gasteiger partial charge is 0.478 e. The predicted molar refractivity (Wildman–Crippen MR) is 74.4 cm³/mol. The molecule has 0 atom stereocenters. The molecular weight excluding hydrogens is 315 g/mol. The number of aromatic carboxylic acids is 1. The van der Waals surface area contributed by atoms with Crippen molar-refractivity contribution in [2.24, 2.45) is 0 Å². The maximum absolute atomic E-state index is 12.5. The summed E-state index contributed by atoms with van der Waals surface area (Å²) in [5.41, 5.74) is 4.24. The van der Waals surface area contributed by atoms with Gasteiger partial charge in [0, 0.05) is 5.69 Å². The molecule has 0 heterocycles. The molecule has 0 spiro atoms. The van der Waals surface area contributed by atoms with Crippen LogP contribution in [0.1, 0.15) is 26.3 Å². The predicted octanol–water partition coefficient (Wildman–Crippen LogP) is 3.10. The molecule has 0 unspecified atom stereocenters. The van der Waals surface area contributed by atoms with Crippen LogP contribution in [0.5, 0.6) is 5.75 Å². The Morgan fingerprint density at radius 2 is 1.61 bits per heavy atom. The molecule has 3 N–H and O–H groups in total. The second kappa shape index (κ2) is 5.99. The van der Waals surface area contributed by atoms with E-state index in [0.717, 1.165) is 18.2 Å². The number of carbonyl (C=O) groups is 2. The summed E-state index contributed by atoms with van der Waals surface area (Å²) in [6.45, 7) is 0. The van der Waals surface area contributed by atoms with E-state index in [1.807, 2.05) is 0 Å². The van der Waals surface area contributed by atoms with Crippen LogP contribution in [0.3, 0.4) is 0 Å². The number of ether oxygens (including phenoxy) is 1. The fraction of sp³-hybridized carbons (Fsp3) is 0.0667. The summed E-state index contributed by atoms with van der Waals surface area (Å²) in [5, 5.41) is 9.12. The van der Waals surface area contributed by atoms with Crippen molar-refractivity contribution in [2.45, 2.75) is 6.36 Å². The Bertz CT molecular complexity index is 772. The molecule has 0 amide bonds.